The van der Waals surface area contributed by atoms with Crippen molar-refractivity contribution >= 4 is 39.1 Å². The first-order valence-corrected chi connectivity index (χ1v) is 9.58. The van der Waals surface area contributed by atoms with E-state index in [9.17, 15) is 0 Å². The summed E-state index contributed by atoms with van der Waals surface area (Å²) in [6.07, 6.45) is 0.843. The van der Waals surface area contributed by atoms with E-state index in [0.717, 1.165) is 40.1 Å². The van der Waals surface area contributed by atoms with Gasteiger partial charge in [0.05, 0.1) is 6.54 Å². The van der Waals surface area contributed by atoms with Gasteiger partial charge in [-0.15, -0.1) is 0 Å². The zero-order valence-corrected chi connectivity index (χ0v) is 16.9. The molecule has 0 radical (unpaired) electrons. The molecule has 0 fully saturated rings. The molecule has 0 bridgehead atoms. The fourth-order valence-electron chi connectivity index (χ4n) is 2.68. The van der Waals surface area contributed by atoms with E-state index in [1.807, 2.05) is 30.3 Å². The van der Waals surface area contributed by atoms with E-state index in [2.05, 4.69) is 40.3 Å². The third-order valence-corrected chi connectivity index (χ3v) is 5.08. The van der Waals surface area contributed by atoms with Gasteiger partial charge in [0.2, 0.25) is 0 Å². The van der Waals surface area contributed by atoms with Gasteiger partial charge >= 0.3 is 0 Å². The summed E-state index contributed by atoms with van der Waals surface area (Å²) in [7, 11) is 0. The molecule has 0 unspecified atom stereocenters. The highest BCUT2D eigenvalue weighted by molar-refractivity contribution is 9.10. The van der Waals surface area contributed by atoms with Crippen molar-refractivity contribution in [2.75, 3.05) is 6.54 Å². The summed E-state index contributed by atoms with van der Waals surface area (Å²) < 4.78 is 7.03. The molecule has 2 aromatic carbocycles. The Bertz CT molecular complexity index is 876. The normalized spacial score (nSPS) is 11.0. The van der Waals surface area contributed by atoms with E-state index in [1.165, 1.54) is 5.56 Å². The lowest BCUT2D eigenvalue weighted by Gasteiger charge is -2.06. The monoisotopic (exact) mass is 437 g/mol. The van der Waals surface area contributed by atoms with Crippen LogP contribution < -0.4 is 5.32 Å². The quantitative estimate of drug-likeness (QED) is 0.435. The largest absolute Gasteiger partial charge is 0.460 e. The Morgan fingerprint density at radius 3 is 2.64 bits per heavy atom. The van der Waals surface area contributed by atoms with Crippen molar-refractivity contribution < 1.29 is 4.42 Å². The molecular weight excluding hydrogens is 421 g/mol. The number of rotatable bonds is 6. The van der Waals surface area contributed by atoms with Crippen LogP contribution in [0.5, 0.6) is 0 Å². The predicted molar refractivity (Wildman–Crippen MR) is 108 cm³/mol. The zero-order valence-electron chi connectivity index (χ0n) is 13.8. The Morgan fingerprint density at radius 1 is 1.04 bits per heavy atom. The Balaban J connectivity index is 1.55. The number of benzene rings is 2. The summed E-state index contributed by atoms with van der Waals surface area (Å²) >= 11 is 15.6. The minimum absolute atomic E-state index is 0.660. The molecule has 0 saturated heterocycles. The number of nitrogens with one attached hydrogen (secondary N) is 1. The molecule has 3 rings (SSSR count). The van der Waals surface area contributed by atoms with Gasteiger partial charge in [-0.1, -0.05) is 45.2 Å². The van der Waals surface area contributed by atoms with Crippen LogP contribution in [0.15, 0.2) is 57.4 Å². The lowest BCUT2D eigenvalue weighted by molar-refractivity contribution is 0.494. The molecule has 5 heteroatoms. The van der Waals surface area contributed by atoms with Gasteiger partial charge in [-0.2, -0.15) is 0 Å². The minimum Gasteiger partial charge on any atom is -0.460 e. The number of halogens is 3. The summed E-state index contributed by atoms with van der Waals surface area (Å²) in [5, 5.41) is 4.76. The maximum absolute atomic E-state index is 6.19. The fraction of sp³-hybridized carbons (Fsp3) is 0.200. The number of aryl methyl sites for hydroxylation is 1. The maximum Gasteiger partial charge on any atom is 0.134 e. The van der Waals surface area contributed by atoms with Gasteiger partial charge in [0, 0.05) is 20.1 Å². The van der Waals surface area contributed by atoms with Gasteiger partial charge in [-0.3, -0.25) is 0 Å². The topological polar surface area (TPSA) is 25.2 Å². The second kappa shape index (κ2) is 8.41. The Morgan fingerprint density at radius 2 is 1.88 bits per heavy atom. The highest BCUT2D eigenvalue weighted by Gasteiger charge is 2.08. The molecule has 25 heavy (non-hydrogen) atoms. The second-order valence-corrected chi connectivity index (χ2v) is 7.65. The van der Waals surface area contributed by atoms with Crippen molar-refractivity contribution in [3.05, 3.63) is 79.9 Å². The first-order chi connectivity index (χ1) is 12.0. The highest BCUT2D eigenvalue weighted by atomic mass is 79.9. The van der Waals surface area contributed by atoms with Crippen LogP contribution in [-0.4, -0.2) is 6.54 Å². The van der Waals surface area contributed by atoms with Crippen LogP contribution in [0.25, 0.3) is 11.3 Å². The second-order valence-electron chi connectivity index (χ2n) is 5.89. The molecule has 0 amide bonds. The standard InChI is InChI=1S/C20H18BrCl2NO/c1-13-10-15(21)3-6-18(13)20-7-5-17(25-20)12-24-9-8-14-2-4-16(22)11-19(14)23/h2-7,10-11,24H,8-9,12H2,1H3. The van der Waals surface area contributed by atoms with Gasteiger partial charge < -0.3 is 9.73 Å². The molecule has 130 valence electrons. The first-order valence-electron chi connectivity index (χ1n) is 8.03. The Hall–Kier alpha value is -1.26. The van der Waals surface area contributed by atoms with Gasteiger partial charge in [0.15, 0.2) is 0 Å². The van der Waals surface area contributed by atoms with Crippen molar-refractivity contribution in [3.63, 3.8) is 0 Å². The summed E-state index contributed by atoms with van der Waals surface area (Å²) in [5.41, 5.74) is 3.38. The van der Waals surface area contributed by atoms with Crippen LogP contribution in [0.3, 0.4) is 0 Å². The average molecular weight is 439 g/mol. The molecule has 0 saturated carbocycles. The smallest absolute Gasteiger partial charge is 0.134 e. The van der Waals surface area contributed by atoms with Crippen LogP contribution in [0.4, 0.5) is 0 Å². The molecule has 0 aliphatic heterocycles. The summed E-state index contributed by atoms with van der Waals surface area (Å²) in [5.74, 6) is 1.81. The van der Waals surface area contributed by atoms with Crippen LogP contribution in [0.1, 0.15) is 16.9 Å². The van der Waals surface area contributed by atoms with E-state index >= 15 is 0 Å². The summed E-state index contributed by atoms with van der Waals surface area (Å²) in [6, 6.07) is 15.8. The molecule has 1 aromatic heterocycles. The van der Waals surface area contributed by atoms with E-state index in [4.69, 9.17) is 27.6 Å². The summed E-state index contributed by atoms with van der Waals surface area (Å²) in [6.45, 7) is 3.58. The van der Waals surface area contributed by atoms with Gasteiger partial charge in [-0.25, -0.2) is 0 Å². The number of hydrogen-bond donors (Lipinski definition) is 1. The van der Waals surface area contributed by atoms with Crippen molar-refractivity contribution in [2.45, 2.75) is 19.9 Å². The minimum atomic E-state index is 0.660. The lowest BCUT2D eigenvalue weighted by atomic mass is 10.1. The maximum atomic E-state index is 6.19. The van der Waals surface area contributed by atoms with Crippen molar-refractivity contribution in [1.82, 2.24) is 5.32 Å². The third-order valence-electron chi connectivity index (χ3n) is 4.00. The van der Waals surface area contributed by atoms with Crippen molar-refractivity contribution in [2.24, 2.45) is 0 Å². The molecule has 0 aliphatic carbocycles. The molecule has 1 heterocycles. The summed E-state index contributed by atoms with van der Waals surface area (Å²) in [4.78, 5) is 0. The lowest BCUT2D eigenvalue weighted by Crippen LogP contribution is -2.16. The van der Waals surface area contributed by atoms with Crippen molar-refractivity contribution in [1.29, 1.82) is 0 Å². The zero-order chi connectivity index (χ0) is 17.8. The third kappa shape index (κ3) is 4.89. The highest BCUT2D eigenvalue weighted by Crippen LogP contribution is 2.28. The van der Waals surface area contributed by atoms with E-state index in [1.54, 1.807) is 6.07 Å². The Kier molecular flexibility index (Phi) is 6.24. The Labute approximate surface area is 166 Å². The number of hydrogen-bond acceptors (Lipinski definition) is 2. The molecule has 0 aliphatic rings. The molecule has 0 atom stereocenters. The molecule has 1 N–H and O–H groups in total. The number of furan rings is 1. The van der Waals surface area contributed by atoms with Gasteiger partial charge in [0.25, 0.3) is 0 Å². The van der Waals surface area contributed by atoms with Crippen molar-refractivity contribution in [3.8, 4) is 11.3 Å². The van der Waals surface area contributed by atoms with Crippen LogP contribution in [-0.2, 0) is 13.0 Å². The van der Waals surface area contributed by atoms with Crippen LogP contribution in [0.2, 0.25) is 10.0 Å². The van der Waals surface area contributed by atoms with E-state index < -0.39 is 0 Å². The van der Waals surface area contributed by atoms with Gasteiger partial charge in [0.1, 0.15) is 11.5 Å². The average Bonchev–Trinajstić information content (AvgIpc) is 3.02. The predicted octanol–water partition coefficient (Wildman–Crippen LogP) is 6.66. The van der Waals surface area contributed by atoms with Crippen LogP contribution >= 0.6 is 39.1 Å². The van der Waals surface area contributed by atoms with E-state index in [0.29, 0.717) is 16.6 Å². The first kappa shape index (κ1) is 18.5. The molecule has 2 nitrogen and oxygen atoms in total. The fourth-order valence-corrected chi connectivity index (χ4v) is 3.66. The molecule has 3 aromatic rings. The van der Waals surface area contributed by atoms with E-state index in [-0.39, 0.29) is 0 Å². The molecular formula is C20H18BrCl2NO. The van der Waals surface area contributed by atoms with Gasteiger partial charge in [-0.05, 0) is 73.5 Å². The van der Waals surface area contributed by atoms with Crippen LogP contribution in [0, 0.1) is 6.92 Å². The SMILES string of the molecule is Cc1cc(Br)ccc1-c1ccc(CNCCc2ccc(Cl)cc2Cl)o1. The molecule has 0 spiro atoms.